The Balaban J connectivity index is 2.71. The minimum absolute atomic E-state index is 0.376. The topological polar surface area (TPSA) is 92.2 Å². The van der Waals surface area contributed by atoms with Crippen molar-refractivity contribution in [3.05, 3.63) is 31.8 Å². The molecular formula is C12H14N2O4S. The number of nitrogens with zero attached hydrogens (tertiary/aromatic N) is 1. The van der Waals surface area contributed by atoms with Gasteiger partial charge in [0.25, 0.3) is 5.56 Å². The second kappa shape index (κ2) is 5.00. The average molecular weight is 282 g/mol. The Kier molecular flexibility index (Phi) is 3.57. The molecule has 0 fully saturated rings. The first-order valence-corrected chi connectivity index (χ1v) is 6.77. The molecule has 7 heteroatoms. The Morgan fingerprint density at radius 2 is 2.21 bits per heavy atom. The van der Waals surface area contributed by atoms with Crippen molar-refractivity contribution in [2.24, 2.45) is 0 Å². The molecule has 0 bridgehead atoms. The summed E-state index contributed by atoms with van der Waals surface area (Å²) in [5.74, 6) is -1.21. The van der Waals surface area contributed by atoms with Crippen LogP contribution in [0.15, 0.2) is 15.7 Å². The number of carboxylic acid groups (broad SMARTS) is 1. The molecule has 1 atom stereocenters. The number of aryl methyl sites for hydroxylation is 1. The summed E-state index contributed by atoms with van der Waals surface area (Å²) in [6, 6.07) is 0.544. The van der Waals surface area contributed by atoms with Crippen molar-refractivity contribution in [1.82, 2.24) is 9.55 Å². The van der Waals surface area contributed by atoms with Crippen LogP contribution in [0.25, 0.3) is 10.2 Å². The number of aromatic amines is 1. The molecular weight excluding hydrogens is 268 g/mol. The number of carbonyl (C=O) groups is 1. The average Bonchev–Trinajstić information content (AvgIpc) is 2.72. The lowest BCUT2D eigenvalue weighted by atomic mass is 10.2. The van der Waals surface area contributed by atoms with Crippen LogP contribution in [0, 0.1) is 0 Å². The van der Waals surface area contributed by atoms with Gasteiger partial charge in [0.15, 0.2) is 0 Å². The summed E-state index contributed by atoms with van der Waals surface area (Å²) >= 11 is 1.36. The van der Waals surface area contributed by atoms with Crippen LogP contribution < -0.4 is 11.2 Å². The van der Waals surface area contributed by atoms with Crippen LogP contribution in [0.3, 0.4) is 0 Å². The van der Waals surface area contributed by atoms with E-state index in [1.165, 1.54) is 18.3 Å². The van der Waals surface area contributed by atoms with Crippen LogP contribution in [-0.2, 0) is 11.2 Å². The monoisotopic (exact) mass is 282 g/mol. The molecule has 0 saturated heterocycles. The first kappa shape index (κ1) is 13.5. The first-order valence-electron chi connectivity index (χ1n) is 5.95. The number of aliphatic carboxylic acids is 1. The molecule has 0 aliphatic heterocycles. The fourth-order valence-corrected chi connectivity index (χ4v) is 3.04. The van der Waals surface area contributed by atoms with Crippen LogP contribution in [0.5, 0.6) is 0 Å². The highest BCUT2D eigenvalue weighted by Crippen LogP contribution is 2.21. The third-order valence-corrected chi connectivity index (χ3v) is 4.02. The molecule has 2 aromatic heterocycles. The van der Waals surface area contributed by atoms with Crippen molar-refractivity contribution in [1.29, 1.82) is 0 Å². The molecule has 0 saturated carbocycles. The number of carboxylic acids is 1. The van der Waals surface area contributed by atoms with Gasteiger partial charge in [0.05, 0.1) is 5.39 Å². The number of rotatable bonds is 4. The van der Waals surface area contributed by atoms with Gasteiger partial charge >= 0.3 is 11.7 Å². The molecule has 1 unspecified atom stereocenters. The largest absolute Gasteiger partial charge is 0.480 e. The minimum Gasteiger partial charge on any atom is -0.480 e. The Morgan fingerprint density at radius 1 is 1.53 bits per heavy atom. The predicted molar refractivity (Wildman–Crippen MR) is 73.0 cm³/mol. The second-order valence-electron chi connectivity index (χ2n) is 4.33. The van der Waals surface area contributed by atoms with E-state index >= 15 is 0 Å². The van der Waals surface area contributed by atoms with Crippen molar-refractivity contribution >= 4 is 27.5 Å². The van der Waals surface area contributed by atoms with Crippen LogP contribution in [-0.4, -0.2) is 20.6 Å². The van der Waals surface area contributed by atoms with E-state index in [0.717, 1.165) is 22.3 Å². The van der Waals surface area contributed by atoms with Gasteiger partial charge in [-0.15, -0.1) is 11.3 Å². The number of hydrogen-bond donors (Lipinski definition) is 2. The first-order chi connectivity index (χ1) is 8.95. The van der Waals surface area contributed by atoms with Gasteiger partial charge in [0.2, 0.25) is 0 Å². The normalized spacial score (nSPS) is 12.7. The number of thiophene rings is 1. The Bertz CT molecular complexity index is 740. The lowest BCUT2D eigenvalue weighted by molar-refractivity contribution is -0.140. The smallest absolute Gasteiger partial charge is 0.330 e. The molecule has 102 valence electrons. The van der Waals surface area contributed by atoms with Gasteiger partial charge in [0.1, 0.15) is 10.9 Å². The molecule has 6 nitrogen and oxygen atoms in total. The Morgan fingerprint density at radius 3 is 2.79 bits per heavy atom. The quantitative estimate of drug-likeness (QED) is 0.885. The van der Waals surface area contributed by atoms with Gasteiger partial charge in [-0.3, -0.25) is 9.78 Å². The Labute approximate surface area is 112 Å². The number of nitrogens with one attached hydrogen (secondary N) is 1. The standard InChI is InChI=1S/C12H14N2O4S/c1-3-4-7-5-8-9(19-7)13-12(18)14(10(8)15)6(2)11(16)17/h5-6H,3-4H2,1-2H3,(H,13,18)(H,16,17). The van der Waals surface area contributed by atoms with E-state index in [1.54, 1.807) is 6.07 Å². The van der Waals surface area contributed by atoms with Gasteiger partial charge in [-0.1, -0.05) is 13.3 Å². The molecule has 2 rings (SSSR count). The van der Waals surface area contributed by atoms with E-state index in [1.807, 2.05) is 6.92 Å². The van der Waals surface area contributed by atoms with Crippen molar-refractivity contribution in [3.8, 4) is 0 Å². The zero-order valence-electron chi connectivity index (χ0n) is 10.6. The van der Waals surface area contributed by atoms with Gasteiger partial charge in [-0.25, -0.2) is 14.2 Å². The van der Waals surface area contributed by atoms with Crippen LogP contribution in [0.2, 0.25) is 0 Å². The second-order valence-corrected chi connectivity index (χ2v) is 5.46. The van der Waals surface area contributed by atoms with E-state index in [-0.39, 0.29) is 0 Å². The number of fused-ring (bicyclic) bond motifs is 1. The summed E-state index contributed by atoms with van der Waals surface area (Å²) in [4.78, 5) is 39.0. The number of aromatic nitrogens is 2. The highest BCUT2D eigenvalue weighted by Gasteiger charge is 2.20. The third-order valence-electron chi connectivity index (χ3n) is 2.91. The van der Waals surface area contributed by atoms with Gasteiger partial charge < -0.3 is 5.11 Å². The van der Waals surface area contributed by atoms with Crippen LogP contribution >= 0.6 is 11.3 Å². The summed E-state index contributed by atoms with van der Waals surface area (Å²) in [7, 11) is 0. The summed E-state index contributed by atoms with van der Waals surface area (Å²) < 4.78 is 0.743. The molecule has 0 spiro atoms. The maximum Gasteiger partial charge on any atom is 0.330 e. The fraction of sp³-hybridized carbons (Fsp3) is 0.417. The highest BCUT2D eigenvalue weighted by molar-refractivity contribution is 7.18. The summed E-state index contributed by atoms with van der Waals surface area (Å²) in [5.41, 5.74) is -1.23. The van der Waals surface area contributed by atoms with Crippen molar-refractivity contribution < 1.29 is 9.90 Å². The van der Waals surface area contributed by atoms with Crippen LogP contribution in [0.1, 0.15) is 31.2 Å². The summed E-state index contributed by atoms with van der Waals surface area (Å²) in [5, 5.41) is 9.31. The van der Waals surface area contributed by atoms with E-state index in [9.17, 15) is 14.4 Å². The Hall–Kier alpha value is -1.89. The molecule has 2 aromatic rings. The summed E-state index contributed by atoms with van der Waals surface area (Å²) in [6.07, 6.45) is 1.77. The van der Waals surface area contributed by atoms with Crippen LogP contribution in [0.4, 0.5) is 0 Å². The maximum atomic E-state index is 12.2. The predicted octanol–water partition coefficient (Wildman–Crippen LogP) is 1.35. The lowest BCUT2D eigenvalue weighted by Gasteiger charge is -2.08. The molecule has 0 aliphatic rings. The number of hydrogen-bond acceptors (Lipinski definition) is 4. The molecule has 0 aliphatic carbocycles. The molecule has 0 aromatic carbocycles. The molecule has 19 heavy (non-hydrogen) atoms. The van der Waals surface area contributed by atoms with E-state index in [0.29, 0.717) is 10.2 Å². The molecule has 0 amide bonds. The third kappa shape index (κ3) is 2.33. The molecule has 2 N–H and O–H groups in total. The van der Waals surface area contributed by atoms with Crippen molar-refractivity contribution in [2.45, 2.75) is 32.7 Å². The summed E-state index contributed by atoms with van der Waals surface area (Å²) in [6.45, 7) is 3.34. The molecule has 2 heterocycles. The van der Waals surface area contributed by atoms with Gasteiger partial charge in [-0.2, -0.15) is 0 Å². The van der Waals surface area contributed by atoms with Crippen molar-refractivity contribution in [2.75, 3.05) is 0 Å². The van der Waals surface area contributed by atoms with Gasteiger partial charge in [0, 0.05) is 4.88 Å². The SMILES string of the molecule is CCCc1cc2c(=O)n(C(C)C(=O)O)c(=O)[nH]c2s1. The zero-order valence-corrected chi connectivity index (χ0v) is 11.4. The molecule has 0 radical (unpaired) electrons. The minimum atomic E-state index is -1.21. The fourth-order valence-electron chi connectivity index (χ4n) is 1.90. The maximum absolute atomic E-state index is 12.2. The van der Waals surface area contributed by atoms with E-state index in [2.05, 4.69) is 4.98 Å². The highest BCUT2D eigenvalue weighted by atomic mass is 32.1. The lowest BCUT2D eigenvalue weighted by Crippen LogP contribution is -2.39. The van der Waals surface area contributed by atoms with E-state index in [4.69, 9.17) is 5.11 Å². The van der Waals surface area contributed by atoms with E-state index < -0.39 is 23.3 Å². The van der Waals surface area contributed by atoms with Crippen molar-refractivity contribution in [3.63, 3.8) is 0 Å². The van der Waals surface area contributed by atoms with Gasteiger partial charge in [-0.05, 0) is 19.4 Å². The number of H-pyrrole nitrogens is 1. The zero-order chi connectivity index (χ0) is 14.2.